The highest BCUT2D eigenvalue weighted by atomic mass is 16.2. The Balaban J connectivity index is 1.31. The van der Waals surface area contributed by atoms with Crippen LogP contribution in [0.2, 0.25) is 0 Å². The zero-order chi connectivity index (χ0) is 22.0. The summed E-state index contributed by atoms with van der Waals surface area (Å²) in [7, 11) is 0. The Hall–Kier alpha value is -3.69. The first-order valence-corrected chi connectivity index (χ1v) is 10.9. The van der Waals surface area contributed by atoms with Crippen molar-refractivity contribution in [3.63, 3.8) is 0 Å². The molecule has 6 rings (SSSR count). The summed E-state index contributed by atoms with van der Waals surface area (Å²) in [5.41, 5.74) is 3.99. The molecule has 1 aromatic carbocycles. The molecule has 10 nitrogen and oxygen atoms in total. The molecule has 5 heterocycles. The smallest absolute Gasteiger partial charge is 0.249 e. The number of benzene rings is 1. The Bertz CT molecular complexity index is 1270. The minimum absolute atomic E-state index is 0.00184. The van der Waals surface area contributed by atoms with Gasteiger partial charge < -0.3 is 15.5 Å². The van der Waals surface area contributed by atoms with E-state index in [9.17, 15) is 9.59 Å². The summed E-state index contributed by atoms with van der Waals surface area (Å²) in [6.45, 7) is 6.00. The third kappa shape index (κ3) is 2.89. The zero-order valence-electron chi connectivity index (χ0n) is 17.9. The second kappa shape index (κ2) is 6.65. The van der Waals surface area contributed by atoms with E-state index in [-0.39, 0.29) is 23.1 Å². The number of rotatable bonds is 3. The molecule has 32 heavy (non-hydrogen) atoms. The van der Waals surface area contributed by atoms with Gasteiger partial charge in [0.1, 0.15) is 6.04 Å². The van der Waals surface area contributed by atoms with Gasteiger partial charge in [-0.15, -0.1) is 5.10 Å². The fraction of sp³-hybridized carbons (Fsp3) is 0.409. The normalized spacial score (nSPS) is 23.6. The van der Waals surface area contributed by atoms with Gasteiger partial charge in [-0.3, -0.25) is 14.9 Å². The number of imide groups is 1. The molecular weight excluding hydrogens is 408 g/mol. The molecule has 0 radical (unpaired) electrons. The fourth-order valence-electron chi connectivity index (χ4n) is 5.12. The monoisotopic (exact) mass is 432 g/mol. The number of fused-ring (bicyclic) bond motifs is 3. The Kier molecular flexibility index (Phi) is 3.96. The summed E-state index contributed by atoms with van der Waals surface area (Å²) in [6, 6.07) is 5.83. The molecular formula is C22H24N8O2. The number of anilines is 4. The average Bonchev–Trinajstić information content (AvgIpc) is 3.43. The first-order valence-electron chi connectivity index (χ1n) is 10.9. The maximum atomic E-state index is 12.5. The molecule has 2 amide bonds. The van der Waals surface area contributed by atoms with Gasteiger partial charge in [0, 0.05) is 48.7 Å². The van der Waals surface area contributed by atoms with Crippen LogP contribution >= 0.6 is 0 Å². The molecule has 2 saturated heterocycles. The Morgan fingerprint density at radius 2 is 2.12 bits per heavy atom. The van der Waals surface area contributed by atoms with Crippen LogP contribution in [0.3, 0.4) is 0 Å². The van der Waals surface area contributed by atoms with Gasteiger partial charge in [0.05, 0.1) is 0 Å². The van der Waals surface area contributed by atoms with Gasteiger partial charge in [0.15, 0.2) is 11.5 Å². The predicted octanol–water partition coefficient (Wildman–Crippen LogP) is 1.81. The lowest BCUT2D eigenvalue weighted by molar-refractivity contribution is -0.135. The molecule has 0 saturated carbocycles. The third-order valence-corrected chi connectivity index (χ3v) is 6.74. The highest BCUT2D eigenvalue weighted by Crippen LogP contribution is 2.38. The number of hydrogen-bond donors (Lipinski definition) is 3. The van der Waals surface area contributed by atoms with Gasteiger partial charge in [0.25, 0.3) is 0 Å². The lowest BCUT2D eigenvalue weighted by Gasteiger charge is -2.30. The molecule has 3 aliphatic heterocycles. The number of hydrogen-bond acceptors (Lipinski definition) is 8. The van der Waals surface area contributed by atoms with E-state index >= 15 is 0 Å². The van der Waals surface area contributed by atoms with Crippen LogP contribution in [-0.4, -0.2) is 50.5 Å². The summed E-state index contributed by atoms with van der Waals surface area (Å²) in [5, 5.41) is 13.7. The summed E-state index contributed by atoms with van der Waals surface area (Å²) in [6.07, 6.45) is 4.52. The number of piperidine rings is 1. The molecule has 2 aromatic heterocycles. The zero-order valence-corrected chi connectivity index (χ0v) is 17.9. The Morgan fingerprint density at radius 1 is 1.25 bits per heavy atom. The van der Waals surface area contributed by atoms with Crippen molar-refractivity contribution >= 4 is 40.6 Å². The van der Waals surface area contributed by atoms with Crippen LogP contribution in [0.1, 0.15) is 32.3 Å². The van der Waals surface area contributed by atoms with Crippen LogP contribution in [-0.2, 0) is 15.0 Å². The number of carbonyl (C=O) groups is 2. The van der Waals surface area contributed by atoms with E-state index in [1.807, 2.05) is 11.0 Å². The molecule has 3 N–H and O–H groups in total. The van der Waals surface area contributed by atoms with Crippen LogP contribution < -0.4 is 20.9 Å². The second-order valence-corrected chi connectivity index (χ2v) is 9.38. The Morgan fingerprint density at radius 3 is 3.00 bits per heavy atom. The van der Waals surface area contributed by atoms with Gasteiger partial charge in [-0.2, -0.15) is 4.98 Å². The SMILES string of the molecule is CC1(C)CNc2cc(Nc3nc4c(N5CC[C@@H]6CC(=O)NC(=O)C65)nccn4n3)ccc21. The van der Waals surface area contributed by atoms with Crippen LogP contribution in [0.5, 0.6) is 0 Å². The molecule has 0 bridgehead atoms. The third-order valence-electron chi connectivity index (χ3n) is 6.74. The van der Waals surface area contributed by atoms with Gasteiger partial charge in [-0.05, 0) is 30.0 Å². The minimum Gasteiger partial charge on any atom is -0.384 e. The van der Waals surface area contributed by atoms with Gasteiger partial charge in [-0.1, -0.05) is 19.9 Å². The standard InChI is InChI=1S/C22H24N8O2/c1-22(2)11-24-15-10-13(3-4-14(15)22)25-21-27-19-18(23-6-8-30(19)28-21)29-7-5-12-9-16(31)26-20(32)17(12)29/h3-4,6,8,10,12,17,24H,5,7,9,11H2,1-2H3,(H,25,28)(H,26,31,32)/t12-,17?/m1/s1. The van der Waals surface area contributed by atoms with E-state index in [0.29, 0.717) is 30.4 Å². The van der Waals surface area contributed by atoms with Crippen molar-refractivity contribution in [3.05, 3.63) is 36.2 Å². The molecule has 10 heteroatoms. The molecule has 0 aliphatic carbocycles. The van der Waals surface area contributed by atoms with E-state index in [4.69, 9.17) is 0 Å². The van der Waals surface area contributed by atoms with Gasteiger partial charge in [0.2, 0.25) is 17.8 Å². The number of carbonyl (C=O) groups excluding carboxylic acids is 2. The average molecular weight is 432 g/mol. The van der Waals surface area contributed by atoms with E-state index in [2.05, 4.69) is 57.0 Å². The lowest BCUT2D eigenvalue weighted by Crippen LogP contribution is -2.53. The number of nitrogens with one attached hydrogen (secondary N) is 3. The summed E-state index contributed by atoms with van der Waals surface area (Å²) >= 11 is 0. The molecule has 2 fully saturated rings. The Labute approximate surface area is 184 Å². The van der Waals surface area contributed by atoms with Crippen molar-refractivity contribution in [3.8, 4) is 0 Å². The van der Waals surface area contributed by atoms with E-state index in [1.165, 1.54) is 5.56 Å². The first-order chi connectivity index (χ1) is 15.4. The maximum Gasteiger partial charge on any atom is 0.249 e. The van der Waals surface area contributed by atoms with Crippen LogP contribution in [0.15, 0.2) is 30.6 Å². The van der Waals surface area contributed by atoms with Crippen molar-refractivity contribution in [2.45, 2.75) is 38.1 Å². The quantitative estimate of drug-likeness (QED) is 0.537. The van der Waals surface area contributed by atoms with Crippen molar-refractivity contribution in [1.82, 2.24) is 24.9 Å². The molecule has 164 valence electrons. The molecule has 3 aliphatic rings. The van der Waals surface area contributed by atoms with E-state index in [0.717, 1.165) is 24.3 Å². The number of nitrogens with zero attached hydrogens (tertiary/aromatic N) is 5. The van der Waals surface area contributed by atoms with Gasteiger partial charge >= 0.3 is 0 Å². The largest absolute Gasteiger partial charge is 0.384 e. The number of aromatic nitrogens is 4. The summed E-state index contributed by atoms with van der Waals surface area (Å²) < 4.78 is 1.67. The van der Waals surface area contributed by atoms with Crippen molar-refractivity contribution in [2.24, 2.45) is 5.92 Å². The molecule has 0 spiro atoms. The second-order valence-electron chi connectivity index (χ2n) is 9.38. The van der Waals surface area contributed by atoms with Crippen LogP contribution in [0.4, 0.5) is 23.1 Å². The first kappa shape index (κ1) is 19.0. The van der Waals surface area contributed by atoms with Gasteiger partial charge in [-0.25, -0.2) is 9.50 Å². The lowest BCUT2D eigenvalue weighted by atomic mass is 9.87. The predicted molar refractivity (Wildman–Crippen MR) is 119 cm³/mol. The topological polar surface area (TPSA) is 117 Å². The van der Waals surface area contributed by atoms with Crippen molar-refractivity contribution < 1.29 is 9.59 Å². The maximum absolute atomic E-state index is 12.5. The van der Waals surface area contributed by atoms with Crippen molar-refractivity contribution in [1.29, 1.82) is 0 Å². The molecule has 1 unspecified atom stereocenters. The molecule has 2 atom stereocenters. The minimum atomic E-state index is -0.411. The van der Waals surface area contributed by atoms with Crippen molar-refractivity contribution in [2.75, 3.05) is 28.6 Å². The highest BCUT2D eigenvalue weighted by Gasteiger charge is 2.45. The van der Waals surface area contributed by atoms with Crippen LogP contribution in [0.25, 0.3) is 5.65 Å². The van der Waals surface area contributed by atoms with E-state index in [1.54, 1.807) is 16.9 Å². The van der Waals surface area contributed by atoms with Crippen LogP contribution in [0, 0.1) is 5.92 Å². The summed E-state index contributed by atoms with van der Waals surface area (Å²) in [5.74, 6) is 0.587. The summed E-state index contributed by atoms with van der Waals surface area (Å²) in [4.78, 5) is 35.4. The highest BCUT2D eigenvalue weighted by molar-refractivity contribution is 6.02. The van der Waals surface area contributed by atoms with E-state index < -0.39 is 6.04 Å². The fourth-order valence-corrected chi connectivity index (χ4v) is 5.12. The number of amides is 2. The molecule has 3 aromatic rings.